The maximum Gasteiger partial charge on any atom is 0.451 e. The maximum absolute atomic E-state index is 12.7. The summed E-state index contributed by atoms with van der Waals surface area (Å²) in [6, 6.07) is 6.49. The van der Waals surface area contributed by atoms with Crippen molar-refractivity contribution in [2.45, 2.75) is 20.0 Å². The summed E-state index contributed by atoms with van der Waals surface area (Å²) in [5.74, 6) is 3.78. The van der Waals surface area contributed by atoms with Crippen LogP contribution in [0.3, 0.4) is 0 Å². The van der Waals surface area contributed by atoms with E-state index in [0.29, 0.717) is 5.75 Å². The largest absolute Gasteiger partial charge is 0.451 e. The van der Waals surface area contributed by atoms with Crippen LogP contribution in [0.4, 0.5) is 19.0 Å². The third-order valence-corrected chi connectivity index (χ3v) is 2.65. The molecule has 0 unspecified atom stereocenters. The number of anilines is 1. The van der Waals surface area contributed by atoms with Gasteiger partial charge in [-0.05, 0) is 25.5 Å². The number of benzene rings is 1. The number of rotatable bonds is 3. The fraction of sp³-hybridized carbons (Fsp3) is 0.231. The molecule has 0 fully saturated rings. The fourth-order valence-electron chi connectivity index (χ4n) is 1.70. The van der Waals surface area contributed by atoms with Crippen LogP contribution in [0.1, 0.15) is 17.0 Å². The standard InChI is InChI=1S/C13H13F3N4O/c1-7-3-4-9(8(2)5-7)21-11-6-10(20-17)18-12(19-11)13(14,15)16/h3-6H,17H2,1-2H3,(H,18,19,20). The lowest BCUT2D eigenvalue weighted by atomic mass is 10.1. The number of nitrogens with one attached hydrogen (secondary N) is 1. The van der Waals surface area contributed by atoms with Gasteiger partial charge in [-0.25, -0.2) is 10.8 Å². The molecule has 0 amide bonds. The number of hydrogen-bond donors (Lipinski definition) is 2. The molecule has 0 radical (unpaired) electrons. The fourth-order valence-corrected chi connectivity index (χ4v) is 1.70. The van der Waals surface area contributed by atoms with Gasteiger partial charge in [-0.2, -0.15) is 18.2 Å². The van der Waals surface area contributed by atoms with Crippen LogP contribution in [0.5, 0.6) is 11.6 Å². The lowest BCUT2D eigenvalue weighted by Gasteiger charge is -2.12. The highest BCUT2D eigenvalue weighted by molar-refractivity contribution is 5.42. The monoisotopic (exact) mass is 298 g/mol. The Kier molecular flexibility index (Phi) is 3.99. The van der Waals surface area contributed by atoms with E-state index in [9.17, 15) is 13.2 Å². The Morgan fingerprint density at radius 2 is 1.86 bits per heavy atom. The summed E-state index contributed by atoms with van der Waals surface area (Å²) in [7, 11) is 0. The first kappa shape index (κ1) is 15.0. The van der Waals surface area contributed by atoms with E-state index in [1.54, 1.807) is 19.1 Å². The third kappa shape index (κ3) is 3.60. The lowest BCUT2D eigenvalue weighted by molar-refractivity contribution is -0.145. The minimum absolute atomic E-state index is 0.183. The number of aromatic nitrogens is 2. The molecule has 0 saturated heterocycles. The molecule has 1 heterocycles. The Labute approximate surface area is 118 Å². The van der Waals surface area contributed by atoms with Gasteiger partial charge >= 0.3 is 6.18 Å². The van der Waals surface area contributed by atoms with Gasteiger partial charge in [-0.1, -0.05) is 17.7 Å². The Morgan fingerprint density at radius 3 is 2.43 bits per heavy atom. The molecule has 0 atom stereocenters. The zero-order valence-electron chi connectivity index (χ0n) is 11.3. The first-order valence-electron chi connectivity index (χ1n) is 5.97. The van der Waals surface area contributed by atoms with Crippen molar-refractivity contribution in [2.24, 2.45) is 5.84 Å². The normalized spacial score (nSPS) is 11.3. The second-order valence-electron chi connectivity index (χ2n) is 4.43. The number of nitrogens with two attached hydrogens (primary N) is 1. The molecule has 8 heteroatoms. The lowest BCUT2D eigenvalue weighted by Crippen LogP contribution is -2.16. The highest BCUT2D eigenvalue weighted by Crippen LogP contribution is 2.31. The number of alkyl halides is 3. The predicted octanol–water partition coefficient (Wildman–Crippen LogP) is 3.19. The van der Waals surface area contributed by atoms with E-state index in [4.69, 9.17) is 10.6 Å². The molecule has 0 aliphatic heterocycles. The van der Waals surface area contributed by atoms with Crippen LogP contribution in [0.2, 0.25) is 0 Å². The molecule has 3 N–H and O–H groups in total. The summed E-state index contributed by atoms with van der Waals surface area (Å²) in [5.41, 5.74) is 3.86. The third-order valence-electron chi connectivity index (χ3n) is 2.65. The van der Waals surface area contributed by atoms with Crippen molar-refractivity contribution < 1.29 is 17.9 Å². The second kappa shape index (κ2) is 5.57. The molecule has 2 aromatic rings. The number of halogens is 3. The predicted molar refractivity (Wildman–Crippen MR) is 70.8 cm³/mol. The van der Waals surface area contributed by atoms with Crippen LogP contribution in [0.25, 0.3) is 0 Å². The minimum atomic E-state index is -4.69. The second-order valence-corrected chi connectivity index (χ2v) is 4.43. The van der Waals surface area contributed by atoms with Crippen molar-refractivity contribution in [3.63, 3.8) is 0 Å². The molecule has 21 heavy (non-hydrogen) atoms. The molecule has 2 rings (SSSR count). The summed E-state index contributed by atoms with van der Waals surface area (Å²) < 4.78 is 43.5. The van der Waals surface area contributed by atoms with Crippen LogP contribution in [0, 0.1) is 13.8 Å². The quantitative estimate of drug-likeness (QED) is 0.672. The van der Waals surface area contributed by atoms with Crippen molar-refractivity contribution >= 4 is 5.82 Å². The van der Waals surface area contributed by atoms with E-state index in [1.807, 2.05) is 13.0 Å². The number of nitrogens with zero attached hydrogens (tertiary/aromatic N) is 2. The van der Waals surface area contributed by atoms with Crippen molar-refractivity contribution in [1.29, 1.82) is 0 Å². The first-order valence-corrected chi connectivity index (χ1v) is 5.97. The molecule has 1 aromatic carbocycles. The minimum Gasteiger partial charge on any atom is -0.439 e. The molecule has 0 bridgehead atoms. The molecular formula is C13H13F3N4O. The number of nitrogen functional groups attached to an aromatic ring is 1. The van der Waals surface area contributed by atoms with E-state index in [-0.39, 0.29) is 11.7 Å². The van der Waals surface area contributed by atoms with Crippen LogP contribution < -0.4 is 16.0 Å². The zero-order chi connectivity index (χ0) is 15.6. The van der Waals surface area contributed by atoms with E-state index < -0.39 is 12.0 Å². The maximum atomic E-state index is 12.7. The van der Waals surface area contributed by atoms with Gasteiger partial charge in [0.25, 0.3) is 0 Å². The Hall–Kier alpha value is -2.35. The summed E-state index contributed by atoms with van der Waals surface area (Å²) in [5, 5.41) is 0. The van der Waals surface area contributed by atoms with Gasteiger partial charge in [0.05, 0.1) is 0 Å². The Bertz CT molecular complexity index is 658. The van der Waals surface area contributed by atoms with Gasteiger partial charge in [-0.3, -0.25) is 0 Å². The molecule has 0 saturated carbocycles. The zero-order valence-corrected chi connectivity index (χ0v) is 11.3. The van der Waals surface area contributed by atoms with Gasteiger partial charge in [-0.15, -0.1) is 0 Å². The van der Waals surface area contributed by atoms with E-state index in [1.165, 1.54) is 6.07 Å². The van der Waals surface area contributed by atoms with Crippen LogP contribution in [-0.4, -0.2) is 9.97 Å². The topological polar surface area (TPSA) is 73.1 Å². The van der Waals surface area contributed by atoms with Crippen molar-refractivity contribution in [3.05, 3.63) is 41.2 Å². The molecular weight excluding hydrogens is 285 g/mol. The molecule has 0 spiro atoms. The van der Waals surface area contributed by atoms with Crippen molar-refractivity contribution in [3.8, 4) is 11.6 Å². The summed E-state index contributed by atoms with van der Waals surface area (Å²) in [6.07, 6.45) is -4.69. The number of ether oxygens (including phenoxy) is 1. The number of hydrazine groups is 1. The van der Waals surface area contributed by atoms with Crippen molar-refractivity contribution in [1.82, 2.24) is 9.97 Å². The average Bonchev–Trinajstić information content (AvgIpc) is 2.40. The van der Waals surface area contributed by atoms with E-state index in [0.717, 1.165) is 11.1 Å². The first-order chi connectivity index (χ1) is 9.79. The summed E-state index contributed by atoms with van der Waals surface area (Å²) in [4.78, 5) is 6.61. The van der Waals surface area contributed by atoms with Gasteiger partial charge in [0, 0.05) is 6.07 Å². The summed E-state index contributed by atoms with van der Waals surface area (Å²) in [6.45, 7) is 3.69. The molecule has 112 valence electrons. The summed E-state index contributed by atoms with van der Waals surface area (Å²) >= 11 is 0. The van der Waals surface area contributed by atoms with Crippen LogP contribution >= 0.6 is 0 Å². The number of aryl methyl sites for hydroxylation is 2. The van der Waals surface area contributed by atoms with Crippen molar-refractivity contribution in [2.75, 3.05) is 5.43 Å². The molecule has 1 aromatic heterocycles. The van der Waals surface area contributed by atoms with Gasteiger partial charge in [0.2, 0.25) is 11.7 Å². The molecule has 0 aliphatic rings. The van der Waals surface area contributed by atoms with Gasteiger partial charge in [0.1, 0.15) is 11.6 Å². The van der Waals surface area contributed by atoms with Crippen LogP contribution in [0.15, 0.2) is 24.3 Å². The SMILES string of the molecule is Cc1ccc(Oc2cc(NN)nc(C(F)(F)F)n2)c(C)c1. The smallest absolute Gasteiger partial charge is 0.439 e. The van der Waals surface area contributed by atoms with E-state index in [2.05, 4.69) is 15.4 Å². The van der Waals surface area contributed by atoms with Gasteiger partial charge in [0.15, 0.2) is 0 Å². The van der Waals surface area contributed by atoms with Crippen LogP contribution in [-0.2, 0) is 6.18 Å². The highest BCUT2D eigenvalue weighted by atomic mass is 19.4. The highest BCUT2D eigenvalue weighted by Gasteiger charge is 2.35. The number of hydrogen-bond acceptors (Lipinski definition) is 5. The van der Waals surface area contributed by atoms with E-state index >= 15 is 0 Å². The molecule has 5 nitrogen and oxygen atoms in total. The Balaban J connectivity index is 2.39. The molecule has 0 aliphatic carbocycles. The van der Waals surface area contributed by atoms with Gasteiger partial charge < -0.3 is 10.2 Å². The Morgan fingerprint density at radius 1 is 1.14 bits per heavy atom. The average molecular weight is 298 g/mol.